The Bertz CT molecular complexity index is 466. The summed E-state index contributed by atoms with van der Waals surface area (Å²) in [5, 5.41) is 11.2. The fraction of sp³-hybridized carbons (Fsp3) is 0. The molecule has 2 aromatic carbocycles. The minimum absolute atomic E-state index is 0.0290. The number of nitrogens with two attached hydrogens (primary N) is 2. The van der Waals surface area contributed by atoms with Crippen LogP contribution in [0.4, 0.5) is 11.4 Å². The molecule has 2 aromatic rings. The third kappa shape index (κ3) is 1.05. The van der Waals surface area contributed by atoms with E-state index in [1.54, 1.807) is 6.07 Å². The second-order valence-corrected chi connectivity index (χ2v) is 2.95. The van der Waals surface area contributed by atoms with Crippen molar-refractivity contribution in [3.8, 4) is 5.75 Å². The number of hydrogen-bond donors (Lipinski definition) is 3. The van der Waals surface area contributed by atoms with E-state index in [-0.39, 0.29) is 5.75 Å². The maximum atomic E-state index is 9.45. The predicted molar refractivity (Wildman–Crippen MR) is 54.4 cm³/mol. The summed E-state index contributed by atoms with van der Waals surface area (Å²) >= 11 is 0. The molecule has 0 unspecified atom stereocenters. The first-order valence-corrected chi connectivity index (χ1v) is 3.96. The van der Waals surface area contributed by atoms with Gasteiger partial charge in [0.15, 0.2) is 5.75 Å². The van der Waals surface area contributed by atoms with Crippen LogP contribution in [0.3, 0.4) is 0 Å². The maximum Gasteiger partial charge on any atom is 0.162 e. The summed E-state index contributed by atoms with van der Waals surface area (Å²) in [6, 6.07) is 9.24. The number of hydrogen-bond acceptors (Lipinski definition) is 3. The van der Waals surface area contributed by atoms with Gasteiger partial charge in [0, 0.05) is 5.39 Å². The Hall–Kier alpha value is -1.90. The van der Waals surface area contributed by atoms with Gasteiger partial charge < -0.3 is 16.6 Å². The Morgan fingerprint density at radius 3 is 2.54 bits per heavy atom. The Balaban J connectivity index is 2.94. The topological polar surface area (TPSA) is 72.3 Å². The van der Waals surface area contributed by atoms with Gasteiger partial charge in [-0.05, 0) is 11.5 Å². The largest absolute Gasteiger partial charge is 0.504 e. The highest BCUT2D eigenvalue weighted by Crippen LogP contribution is 2.34. The number of rotatable bonds is 0. The maximum absolute atomic E-state index is 9.45. The Morgan fingerprint density at radius 1 is 1.08 bits per heavy atom. The number of nitrogen functional groups attached to an aromatic ring is 2. The molecule has 3 heteroatoms. The molecule has 0 aromatic heterocycles. The molecule has 0 aliphatic carbocycles. The molecule has 0 amide bonds. The van der Waals surface area contributed by atoms with Crippen LogP contribution < -0.4 is 11.5 Å². The number of anilines is 2. The second-order valence-electron chi connectivity index (χ2n) is 2.95. The van der Waals surface area contributed by atoms with Gasteiger partial charge >= 0.3 is 0 Å². The molecule has 5 N–H and O–H groups in total. The third-order valence-electron chi connectivity index (χ3n) is 2.09. The summed E-state index contributed by atoms with van der Waals surface area (Å²) in [6.45, 7) is 0. The summed E-state index contributed by atoms with van der Waals surface area (Å²) in [6.07, 6.45) is 0. The summed E-state index contributed by atoms with van der Waals surface area (Å²) in [7, 11) is 0. The van der Waals surface area contributed by atoms with E-state index >= 15 is 0 Å². The first-order valence-electron chi connectivity index (χ1n) is 3.96. The van der Waals surface area contributed by atoms with Gasteiger partial charge in [0.05, 0.1) is 11.4 Å². The minimum atomic E-state index is -0.0290. The summed E-state index contributed by atoms with van der Waals surface area (Å²) < 4.78 is 0. The first-order chi connectivity index (χ1) is 6.20. The number of phenolic OH excluding ortho intramolecular Hbond substituents is 1. The lowest BCUT2D eigenvalue weighted by molar-refractivity contribution is 0.481. The molecule has 0 spiro atoms. The van der Waals surface area contributed by atoms with Crippen molar-refractivity contribution in [3.05, 3.63) is 30.3 Å². The molecule has 0 fully saturated rings. The van der Waals surface area contributed by atoms with Crippen molar-refractivity contribution in [1.29, 1.82) is 0 Å². The van der Waals surface area contributed by atoms with Gasteiger partial charge in [-0.3, -0.25) is 0 Å². The van der Waals surface area contributed by atoms with Gasteiger partial charge in [-0.1, -0.05) is 24.3 Å². The number of fused-ring (bicyclic) bond motifs is 1. The zero-order valence-corrected chi connectivity index (χ0v) is 6.99. The molecule has 0 aliphatic heterocycles. The number of benzene rings is 2. The van der Waals surface area contributed by atoms with Crippen molar-refractivity contribution in [2.24, 2.45) is 0 Å². The van der Waals surface area contributed by atoms with E-state index in [0.29, 0.717) is 11.4 Å². The van der Waals surface area contributed by atoms with E-state index in [1.165, 1.54) is 0 Å². The Labute approximate surface area is 75.6 Å². The van der Waals surface area contributed by atoms with Gasteiger partial charge in [0.2, 0.25) is 0 Å². The van der Waals surface area contributed by atoms with Crippen LogP contribution in [0.1, 0.15) is 0 Å². The highest BCUT2D eigenvalue weighted by atomic mass is 16.3. The third-order valence-corrected chi connectivity index (χ3v) is 2.09. The highest BCUT2D eigenvalue weighted by Gasteiger charge is 2.06. The van der Waals surface area contributed by atoms with E-state index < -0.39 is 0 Å². The molecule has 0 aliphatic rings. The van der Waals surface area contributed by atoms with Gasteiger partial charge in [-0.15, -0.1) is 0 Å². The zero-order chi connectivity index (χ0) is 9.42. The minimum Gasteiger partial charge on any atom is -0.504 e. The Morgan fingerprint density at radius 2 is 1.77 bits per heavy atom. The average Bonchev–Trinajstić information content (AvgIpc) is 2.15. The van der Waals surface area contributed by atoms with Crippen molar-refractivity contribution in [2.75, 3.05) is 11.5 Å². The molecule has 3 nitrogen and oxygen atoms in total. The van der Waals surface area contributed by atoms with E-state index in [9.17, 15) is 5.11 Å². The van der Waals surface area contributed by atoms with Gasteiger partial charge in [0.1, 0.15) is 0 Å². The second kappa shape index (κ2) is 2.55. The van der Waals surface area contributed by atoms with E-state index in [1.807, 2.05) is 24.3 Å². The predicted octanol–water partition coefficient (Wildman–Crippen LogP) is 1.71. The number of aromatic hydroxyl groups is 1. The van der Waals surface area contributed by atoms with Crippen LogP contribution in [0.25, 0.3) is 10.8 Å². The van der Waals surface area contributed by atoms with E-state index in [2.05, 4.69) is 0 Å². The smallest absolute Gasteiger partial charge is 0.162 e. The summed E-state index contributed by atoms with van der Waals surface area (Å²) in [5.74, 6) is -0.0290. The lowest BCUT2D eigenvalue weighted by Gasteiger charge is -2.06. The molecule has 0 bridgehead atoms. The van der Waals surface area contributed by atoms with Crippen LogP contribution in [0.2, 0.25) is 0 Å². The summed E-state index contributed by atoms with van der Waals surface area (Å²) in [5.41, 5.74) is 11.9. The SMILES string of the molecule is Nc1cc2ccccc2c(N)c1O. The zero-order valence-electron chi connectivity index (χ0n) is 6.99. The van der Waals surface area contributed by atoms with Crippen LogP contribution in [-0.2, 0) is 0 Å². The summed E-state index contributed by atoms with van der Waals surface area (Å²) in [4.78, 5) is 0. The van der Waals surface area contributed by atoms with E-state index in [4.69, 9.17) is 11.5 Å². The van der Waals surface area contributed by atoms with Crippen molar-refractivity contribution < 1.29 is 5.11 Å². The first kappa shape index (κ1) is 7.73. The van der Waals surface area contributed by atoms with Crippen molar-refractivity contribution in [1.82, 2.24) is 0 Å². The molecule has 0 radical (unpaired) electrons. The van der Waals surface area contributed by atoms with Gasteiger partial charge in [0.25, 0.3) is 0 Å². The standard InChI is InChI=1S/C10H10N2O/c11-8-5-6-3-1-2-4-7(6)9(12)10(8)13/h1-5,13H,11-12H2. The molecular weight excluding hydrogens is 164 g/mol. The van der Waals surface area contributed by atoms with Crippen molar-refractivity contribution >= 4 is 22.1 Å². The quantitative estimate of drug-likeness (QED) is 0.420. The number of phenols is 1. The van der Waals surface area contributed by atoms with Crippen LogP contribution in [0.5, 0.6) is 5.75 Å². The molecule has 0 atom stereocenters. The fourth-order valence-electron chi connectivity index (χ4n) is 1.39. The van der Waals surface area contributed by atoms with Crippen LogP contribution in [0.15, 0.2) is 30.3 Å². The highest BCUT2D eigenvalue weighted by molar-refractivity contribution is 5.99. The van der Waals surface area contributed by atoms with Gasteiger partial charge in [-0.2, -0.15) is 0 Å². The molecular formula is C10H10N2O. The molecule has 0 heterocycles. The lowest BCUT2D eigenvalue weighted by Crippen LogP contribution is -1.93. The van der Waals surface area contributed by atoms with E-state index in [0.717, 1.165) is 10.8 Å². The fourth-order valence-corrected chi connectivity index (χ4v) is 1.39. The Kier molecular flexibility index (Phi) is 1.52. The molecule has 2 rings (SSSR count). The van der Waals surface area contributed by atoms with Crippen LogP contribution >= 0.6 is 0 Å². The van der Waals surface area contributed by atoms with Crippen LogP contribution in [-0.4, -0.2) is 5.11 Å². The molecule has 0 saturated heterocycles. The van der Waals surface area contributed by atoms with Gasteiger partial charge in [-0.25, -0.2) is 0 Å². The normalized spacial score (nSPS) is 10.5. The van der Waals surface area contributed by atoms with Crippen molar-refractivity contribution in [3.63, 3.8) is 0 Å². The molecule has 13 heavy (non-hydrogen) atoms. The van der Waals surface area contributed by atoms with Crippen LogP contribution in [0, 0.1) is 0 Å². The molecule has 0 saturated carbocycles. The average molecular weight is 174 g/mol. The van der Waals surface area contributed by atoms with Crippen molar-refractivity contribution in [2.45, 2.75) is 0 Å². The monoisotopic (exact) mass is 174 g/mol. The molecule has 66 valence electrons. The lowest BCUT2D eigenvalue weighted by atomic mass is 10.1.